The maximum atomic E-state index is 12.7. The minimum Gasteiger partial charge on any atom is -0.370 e. The number of rotatable bonds is 7. The number of para-hydroxylation sites is 1. The van der Waals surface area contributed by atoms with Gasteiger partial charge in [-0.3, -0.25) is 4.79 Å². The quantitative estimate of drug-likeness (QED) is 0.718. The minimum absolute atomic E-state index is 0.208. The van der Waals surface area contributed by atoms with Gasteiger partial charge in [-0.1, -0.05) is 45.4 Å². The van der Waals surface area contributed by atoms with E-state index >= 15 is 0 Å². The summed E-state index contributed by atoms with van der Waals surface area (Å²) in [5.41, 5.74) is 3.43. The van der Waals surface area contributed by atoms with Crippen molar-refractivity contribution >= 4 is 17.4 Å². The van der Waals surface area contributed by atoms with Gasteiger partial charge in [-0.2, -0.15) is 0 Å². The predicted octanol–water partition coefficient (Wildman–Crippen LogP) is 4.68. The van der Waals surface area contributed by atoms with Gasteiger partial charge in [0.2, 0.25) is 0 Å². The second kappa shape index (κ2) is 8.60. The number of carbonyl (C=O) groups excluding carboxylic acids is 1. The molecule has 0 atom stereocenters. The molecule has 0 fully saturated rings. The Bertz CT molecular complexity index is 740. The first-order valence-corrected chi connectivity index (χ1v) is 8.92. The highest BCUT2D eigenvalue weighted by molar-refractivity contribution is 6.04. The summed E-state index contributed by atoms with van der Waals surface area (Å²) in [5, 5.41) is 6.30. The van der Waals surface area contributed by atoms with Gasteiger partial charge in [-0.15, -0.1) is 0 Å². The SMILES string of the molecule is CCCCNc1cc(C(=O)Nc2c(C)cccc2C(C)C)nc(C)n1. The third-order valence-corrected chi connectivity index (χ3v) is 4.07. The fourth-order valence-corrected chi connectivity index (χ4v) is 2.69. The Morgan fingerprint density at radius 3 is 2.64 bits per heavy atom. The smallest absolute Gasteiger partial charge is 0.274 e. The topological polar surface area (TPSA) is 66.9 Å². The van der Waals surface area contributed by atoms with Crippen LogP contribution < -0.4 is 10.6 Å². The van der Waals surface area contributed by atoms with Crippen molar-refractivity contribution in [3.63, 3.8) is 0 Å². The molecule has 0 aliphatic rings. The first kappa shape index (κ1) is 18.9. The summed E-state index contributed by atoms with van der Waals surface area (Å²) in [6.45, 7) is 11.0. The lowest BCUT2D eigenvalue weighted by atomic mass is 9.98. The monoisotopic (exact) mass is 340 g/mol. The molecule has 0 aliphatic carbocycles. The summed E-state index contributed by atoms with van der Waals surface area (Å²) in [7, 11) is 0. The Labute approximate surface area is 150 Å². The molecule has 0 saturated heterocycles. The standard InChI is InChI=1S/C20H28N4O/c1-6-7-11-21-18-12-17(22-15(5)23-18)20(25)24-19-14(4)9-8-10-16(19)13(2)3/h8-10,12-13H,6-7,11H2,1-5H3,(H,24,25)(H,21,22,23). The second-order valence-corrected chi connectivity index (χ2v) is 6.61. The Kier molecular flexibility index (Phi) is 6.51. The molecule has 1 heterocycles. The lowest BCUT2D eigenvalue weighted by Crippen LogP contribution is -2.18. The Morgan fingerprint density at radius 1 is 1.20 bits per heavy atom. The lowest BCUT2D eigenvalue weighted by Gasteiger charge is -2.16. The molecule has 1 aromatic heterocycles. The van der Waals surface area contributed by atoms with Crippen molar-refractivity contribution in [2.75, 3.05) is 17.2 Å². The van der Waals surface area contributed by atoms with Gasteiger partial charge in [0.15, 0.2) is 0 Å². The second-order valence-electron chi connectivity index (χ2n) is 6.61. The molecule has 0 unspecified atom stereocenters. The number of amides is 1. The van der Waals surface area contributed by atoms with E-state index in [0.717, 1.165) is 36.2 Å². The first-order chi connectivity index (χ1) is 11.9. The van der Waals surface area contributed by atoms with E-state index in [2.05, 4.69) is 47.4 Å². The van der Waals surface area contributed by atoms with Gasteiger partial charge >= 0.3 is 0 Å². The van der Waals surface area contributed by atoms with Gasteiger partial charge in [0.25, 0.3) is 5.91 Å². The molecule has 0 radical (unpaired) electrons. The van der Waals surface area contributed by atoms with Crippen LogP contribution in [0.2, 0.25) is 0 Å². The molecule has 0 aliphatic heterocycles. The highest BCUT2D eigenvalue weighted by Crippen LogP contribution is 2.27. The van der Waals surface area contributed by atoms with Crippen molar-refractivity contribution in [3.8, 4) is 0 Å². The van der Waals surface area contributed by atoms with Gasteiger partial charge < -0.3 is 10.6 Å². The fraction of sp³-hybridized carbons (Fsp3) is 0.450. The molecular weight excluding hydrogens is 312 g/mol. The van der Waals surface area contributed by atoms with Crippen molar-refractivity contribution in [3.05, 3.63) is 46.9 Å². The van der Waals surface area contributed by atoms with Crippen molar-refractivity contribution < 1.29 is 4.79 Å². The van der Waals surface area contributed by atoms with E-state index in [-0.39, 0.29) is 5.91 Å². The van der Waals surface area contributed by atoms with E-state index in [1.54, 1.807) is 13.0 Å². The minimum atomic E-state index is -0.208. The molecule has 1 amide bonds. The van der Waals surface area contributed by atoms with E-state index in [4.69, 9.17) is 0 Å². The summed E-state index contributed by atoms with van der Waals surface area (Å²) in [5.74, 6) is 1.40. The van der Waals surface area contributed by atoms with E-state index in [0.29, 0.717) is 23.3 Å². The van der Waals surface area contributed by atoms with Crippen LogP contribution in [0.5, 0.6) is 0 Å². The molecule has 134 valence electrons. The molecule has 5 nitrogen and oxygen atoms in total. The molecule has 1 aromatic carbocycles. The average molecular weight is 340 g/mol. The molecule has 25 heavy (non-hydrogen) atoms. The normalized spacial score (nSPS) is 10.8. The third-order valence-electron chi connectivity index (χ3n) is 4.07. The van der Waals surface area contributed by atoms with Crippen LogP contribution in [0.15, 0.2) is 24.3 Å². The van der Waals surface area contributed by atoms with Crippen LogP contribution >= 0.6 is 0 Å². The number of unbranched alkanes of at least 4 members (excludes halogenated alkanes) is 1. The summed E-state index contributed by atoms with van der Waals surface area (Å²) in [4.78, 5) is 21.4. The number of aromatic nitrogens is 2. The van der Waals surface area contributed by atoms with Crippen molar-refractivity contribution in [2.45, 2.75) is 53.4 Å². The van der Waals surface area contributed by atoms with Gasteiger partial charge in [0.1, 0.15) is 17.3 Å². The van der Waals surface area contributed by atoms with Gasteiger partial charge in [0, 0.05) is 18.3 Å². The molecule has 0 spiro atoms. The van der Waals surface area contributed by atoms with E-state index in [1.807, 2.05) is 19.1 Å². The van der Waals surface area contributed by atoms with E-state index in [9.17, 15) is 4.79 Å². The largest absolute Gasteiger partial charge is 0.370 e. The molecule has 2 rings (SSSR count). The van der Waals surface area contributed by atoms with Crippen LogP contribution in [-0.4, -0.2) is 22.4 Å². The van der Waals surface area contributed by atoms with Crippen molar-refractivity contribution in [1.29, 1.82) is 0 Å². The molecular formula is C20H28N4O. The first-order valence-electron chi connectivity index (χ1n) is 8.92. The highest BCUT2D eigenvalue weighted by atomic mass is 16.1. The Hall–Kier alpha value is -2.43. The number of nitrogens with zero attached hydrogens (tertiary/aromatic N) is 2. The molecule has 2 N–H and O–H groups in total. The number of anilines is 2. The van der Waals surface area contributed by atoms with Gasteiger partial charge in [0.05, 0.1) is 0 Å². The Balaban J connectivity index is 2.24. The number of hydrogen-bond acceptors (Lipinski definition) is 4. The molecule has 2 aromatic rings. The van der Waals surface area contributed by atoms with Crippen LogP contribution in [0.4, 0.5) is 11.5 Å². The van der Waals surface area contributed by atoms with Crippen molar-refractivity contribution in [1.82, 2.24) is 9.97 Å². The third kappa shape index (κ3) is 5.02. The lowest BCUT2D eigenvalue weighted by molar-refractivity contribution is 0.102. The zero-order valence-corrected chi connectivity index (χ0v) is 15.8. The zero-order chi connectivity index (χ0) is 18.4. The number of hydrogen-bond donors (Lipinski definition) is 2. The van der Waals surface area contributed by atoms with Crippen molar-refractivity contribution in [2.24, 2.45) is 0 Å². The summed E-state index contributed by atoms with van der Waals surface area (Å²) < 4.78 is 0. The fourth-order valence-electron chi connectivity index (χ4n) is 2.69. The molecule has 0 saturated carbocycles. The maximum Gasteiger partial charge on any atom is 0.274 e. The highest BCUT2D eigenvalue weighted by Gasteiger charge is 2.15. The van der Waals surface area contributed by atoms with Crippen LogP contribution in [-0.2, 0) is 0 Å². The van der Waals surface area contributed by atoms with Crippen LogP contribution in [0, 0.1) is 13.8 Å². The van der Waals surface area contributed by atoms with E-state index < -0.39 is 0 Å². The maximum absolute atomic E-state index is 12.7. The predicted molar refractivity (Wildman–Crippen MR) is 103 cm³/mol. The number of nitrogens with one attached hydrogen (secondary N) is 2. The average Bonchev–Trinajstić information content (AvgIpc) is 2.56. The number of carbonyl (C=O) groups is 1. The number of benzene rings is 1. The van der Waals surface area contributed by atoms with Crippen LogP contribution in [0.3, 0.4) is 0 Å². The Morgan fingerprint density at radius 2 is 1.96 bits per heavy atom. The van der Waals surface area contributed by atoms with Crippen LogP contribution in [0.25, 0.3) is 0 Å². The summed E-state index contributed by atoms with van der Waals surface area (Å²) in [6.07, 6.45) is 2.17. The van der Waals surface area contributed by atoms with Gasteiger partial charge in [-0.05, 0) is 37.3 Å². The summed E-state index contributed by atoms with van der Waals surface area (Å²) >= 11 is 0. The van der Waals surface area contributed by atoms with Crippen LogP contribution in [0.1, 0.15) is 67.0 Å². The van der Waals surface area contributed by atoms with E-state index in [1.165, 1.54) is 0 Å². The number of aryl methyl sites for hydroxylation is 2. The van der Waals surface area contributed by atoms with Gasteiger partial charge in [-0.25, -0.2) is 9.97 Å². The molecule has 0 bridgehead atoms. The summed E-state index contributed by atoms with van der Waals surface area (Å²) in [6, 6.07) is 7.79. The zero-order valence-electron chi connectivity index (χ0n) is 15.8. The molecule has 5 heteroatoms.